The zero-order valence-corrected chi connectivity index (χ0v) is 10.2. The molecule has 2 N–H and O–H groups in total. The molecule has 0 amide bonds. The number of aliphatic carboxylic acids is 1. The van der Waals surface area contributed by atoms with Crippen LogP contribution >= 0.6 is 0 Å². The largest absolute Gasteiger partial charge is 0.481 e. The molecule has 6 heteroatoms. The van der Waals surface area contributed by atoms with E-state index in [-0.39, 0.29) is 12.5 Å². The average molecular weight is 239 g/mol. The van der Waals surface area contributed by atoms with E-state index in [0.717, 1.165) is 5.69 Å². The van der Waals surface area contributed by atoms with Gasteiger partial charge in [0.15, 0.2) is 0 Å². The lowest BCUT2D eigenvalue weighted by molar-refractivity contribution is -0.137. The van der Waals surface area contributed by atoms with Crippen molar-refractivity contribution in [3.63, 3.8) is 0 Å². The number of rotatable bonds is 6. The Kier molecular flexibility index (Phi) is 4.68. The van der Waals surface area contributed by atoms with E-state index in [9.17, 15) is 4.79 Å². The molecule has 1 aromatic heterocycles. The predicted octanol–water partition coefficient (Wildman–Crippen LogP) is 1.46. The maximum absolute atomic E-state index is 10.5. The number of aryl methyl sites for hydroxylation is 1. The molecule has 0 bridgehead atoms. The zero-order chi connectivity index (χ0) is 12.8. The van der Waals surface area contributed by atoms with Crippen molar-refractivity contribution in [3.8, 4) is 5.88 Å². The molecular weight excluding hydrogens is 222 g/mol. The summed E-state index contributed by atoms with van der Waals surface area (Å²) in [6.45, 7) is 6.00. The second-order valence-electron chi connectivity index (χ2n) is 3.75. The molecule has 6 nitrogen and oxygen atoms in total. The number of carboxylic acids is 1. The highest BCUT2D eigenvalue weighted by Gasteiger charge is 2.10. The van der Waals surface area contributed by atoms with Gasteiger partial charge in [-0.25, -0.2) is 4.98 Å². The van der Waals surface area contributed by atoms with Crippen LogP contribution in [0.3, 0.4) is 0 Å². The van der Waals surface area contributed by atoms with Gasteiger partial charge in [-0.2, -0.15) is 4.98 Å². The Balaban J connectivity index is 2.72. The monoisotopic (exact) mass is 239 g/mol. The SMILES string of the molecule is CCOc1cc(C)nc(NC(C)CC(=O)O)n1. The molecule has 0 aliphatic carbocycles. The van der Waals surface area contributed by atoms with Gasteiger partial charge in [-0.1, -0.05) is 0 Å². The molecule has 1 unspecified atom stereocenters. The third-order valence-electron chi connectivity index (χ3n) is 1.98. The van der Waals surface area contributed by atoms with Crippen molar-refractivity contribution in [2.24, 2.45) is 0 Å². The molecule has 0 aliphatic rings. The number of nitrogens with zero attached hydrogens (tertiary/aromatic N) is 2. The predicted molar refractivity (Wildman–Crippen MR) is 63.3 cm³/mol. The van der Waals surface area contributed by atoms with Crippen LogP contribution in [-0.4, -0.2) is 33.7 Å². The van der Waals surface area contributed by atoms with Gasteiger partial charge in [0, 0.05) is 17.8 Å². The first-order valence-corrected chi connectivity index (χ1v) is 5.48. The van der Waals surface area contributed by atoms with Gasteiger partial charge in [0.2, 0.25) is 11.8 Å². The highest BCUT2D eigenvalue weighted by atomic mass is 16.5. The van der Waals surface area contributed by atoms with E-state index in [2.05, 4.69) is 15.3 Å². The number of ether oxygens (including phenoxy) is 1. The molecule has 94 valence electrons. The molecule has 0 radical (unpaired) electrons. The topological polar surface area (TPSA) is 84.3 Å². The van der Waals surface area contributed by atoms with Crippen LogP contribution in [0.1, 0.15) is 26.0 Å². The number of aromatic nitrogens is 2. The van der Waals surface area contributed by atoms with Crippen LogP contribution in [0.2, 0.25) is 0 Å². The number of anilines is 1. The maximum atomic E-state index is 10.5. The minimum absolute atomic E-state index is 0.0151. The molecule has 1 atom stereocenters. The van der Waals surface area contributed by atoms with Crippen molar-refractivity contribution in [3.05, 3.63) is 11.8 Å². The summed E-state index contributed by atoms with van der Waals surface area (Å²) in [5.41, 5.74) is 0.772. The van der Waals surface area contributed by atoms with Crippen molar-refractivity contribution in [1.82, 2.24) is 9.97 Å². The van der Waals surface area contributed by atoms with Gasteiger partial charge in [0.05, 0.1) is 13.0 Å². The zero-order valence-electron chi connectivity index (χ0n) is 10.2. The minimum Gasteiger partial charge on any atom is -0.481 e. The number of hydrogen-bond donors (Lipinski definition) is 2. The normalized spacial score (nSPS) is 11.9. The van der Waals surface area contributed by atoms with Crippen molar-refractivity contribution < 1.29 is 14.6 Å². The second kappa shape index (κ2) is 6.03. The van der Waals surface area contributed by atoms with Crippen molar-refractivity contribution in [2.75, 3.05) is 11.9 Å². The summed E-state index contributed by atoms with van der Waals surface area (Å²) in [5.74, 6) is 0.0231. The Hall–Kier alpha value is -1.85. The Morgan fingerprint density at radius 2 is 2.29 bits per heavy atom. The van der Waals surface area contributed by atoms with E-state index in [0.29, 0.717) is 18.4 Å². The number of carbonyl (C=O) groups is 1. The summed E-state index contributed by atoms with van der Waals surface area (Å²) in [6.07, 6.45) is 0.0151. The molecule has 0 aliphatic heterocycles. The average Bonchev–Trinajstić information content (AvgIpc) is 2.14. The summed E-state index contributed by atoms with van der Waals surface area (Å²) in [7, 11) is 0. The van der Waals surface area contributed by atoms with Crippen LogP contribution in [-0.2, 0) is 4.79 Å². The third-order valence-corrected chi connectivity index (χ3v) is 1.98. The van der Waals surface area contributed by atoms with Crippen LogP contribution in [0.5, 0.6) is 5.88 Å². The number of hydrogen-bond acceptors (Lipinski definition) is 5. The van der Waals surface area contributed by atoms with E-state index in [1.807, 2.05) is 13.8 Å². The molecule has 0 saturated heterocycles. The van der Waals surface area contributed by atoms with E-state index in [1.165, 1.54) is 0 Å². The van der Waals surface area contributed by atoms with Crippen LogP contribution in [0.15, 0.2) is 6.07 Å². The minimum atomic E-state index is -0.859. The quantitative estimate of drug-likeness (QED) is 0.781. The van der Waals surface area contributed by atoms with Crippen LogP contribution < -0.4 is 10.1 Å². The lowest BCUT2D eigenvalue weighted by Gasteiger charge is -2.12. The van der Waals surface area contributed by atoms with Gasteiger partial charge in [0.25, 0.3) is 0 Å². The molecular formula is C11H17N3O3. The lowest BCUT2D eigenvalue weighted by Crippen LogP contribution is -2.21. The van der Waals surface area contributed by atoms with Crippen molar-refractivity contribution in [1.29, 1.82) is 0 Å². The summed E-state index contributed by atoms with van der Waals surface area (Å²) in [5, 5.41) is 11.6. The van der Waals surface area contributed by atoms with Gasteiger partial charge in [-0.15, -0.1) is 0 Å². The Morgan fingerprint density at radius 3 is 2.88 bits per heavy atom. The van der Waals surface area contributed by atoms with Gasteiger partial charge >= 0.3 is 5.97 Å². The Bertz CT molecular complexity index is 396. The molecule has 1 heterocycles. The van der Waals surface area contributed by atoms with Gasteiger partial charge in [-0.3, -0.25) is 4.79 Å². The highest BCUT2D eigenvalue weighted by Crippen LogP contribution is 2.13. The van der Waals surface area contributed by atoms with E-state index in [4.69, 9.17) is 9.84 Å². The molecule has 0 aromatic carbocycles. The van der Waals surface area contributed by atoms with Crippen molar-refractivity contribution >= 4 is 11.9 Å². The summed E-state index contributed by atoms with van der Waals surface area (Å²) >= 11 is 0. The summed E-state index contributed by atoms with van der Waals surface area (Å²) in [6, 6.07) is 1.50. The fourth-order valence-corrected chi connectivity index (χ4v) is 1.36. The third kappa shape index (κ3) is 4.67. The molecule has 1 rings (SSSR count). The van der Waals surface area contributed by atoms with E-state index in [1.54, 1.807) is 13.0 Å². The molecule has 0 spiro atoms. The molecule has 17 heavy (non-hydrogen) atoms. The van der Waals surface area contributed by atoms with Gasteiger partial charge < -0.3 is 15.2 Å². The lowest BCUT2D eigenvalue weighted by atomic mass is 10.2. The van der Waals surface area contributed by atoms with E-state index >= 15 is 0 Å². The Morgan fingerprint density at radius 1 is 1.59 bits per heavy atom. The smallest absolute Gasteiger partial charge is 0.305 e. The molecule has 1 aromatic rings. The maximum Gasteiger partial charge on any atom is 0.305 e. The first-order chi connectivity index (χ1) is 8.01. The summed E-state index contributed by atoms with van der Waals surface area (Å²) < 4.78 is 5.28. The second-order valence-corrected chi connectivity index (χ2v) is 3.75. The van der Waals surface area contributed by atoms with Gasteiger partial charge in [-0.05, 0) is 20.8 Å². The van der Waals surface area contributed by atoms with Gasteiger partial charge in [0.1, 0.15) is 0 Å². The molecule has 0 saturated carbocycles. The summed E-state index contributed by atoms with van der Waals surface area (Å²) in [4.78, 5) is 18.8. The Labute approximate surface area is 100 Å². The first kappa shape index (κ1) is 13.2. The van der Waals surface area contributed by atoms with Crippen molar-refractivity contribution in [2.45, 2.75) is 33.2 Å². The number of nitrogens with one attached hydrogen (secondary N) is 1. The van der Waals surface area contributed by atoms with Crippen LogP contribution in [0, 0.1) is 6.92 Å². The highest BCUT2D eigenvalue weighted by molar-refractivity contribution is 5.68. The van der Waals surface area contributed by atoms with Crippen LogP contribution in [0.25, 0.3) is 0 Å². The number of carboxylic acid groups (broad SMARTS) is 1. The molecule has 0 fully saturated rings. The van der Waals surface area contributed by atoms with Crippen LogP contribution in [0.4, 0.5) is 5.95 Å². The fourth-order valence-electron chi connectivity index (χ4n) is 1.36. The first-order valence-electron chi connectivity index (χ1n) is 5.48. The fraction of sp³-hybridized carbons (Fsp3) is 0.545. The van der Waals surface area contributed by atoms with E-state index < -0.39 is 5.97 Å². The standard InChI is InChI=1S/C11H17N3O3/c1-4-17-9-5-7(2)12-11(14-9)13-8(3)6-10(15)16/h5,8H,4,6H2,1-3H3,(H,15,16)(H,12,13,14).